The highest BCUT2D eigenvalue weighted by molar-refractivity contribution is 7.99. The van der Waals surface area contributed by atoms with E-state index in [-0.39, 0.29) is 35.8 Å². The van der Waals surface area contributed by atoms with Crippen LogP contribution in [0.2, 0.25) is 0 Å². The summed E-state index contributed by atoms with van der Waals surface area (Å²) in [5.41, 5.74) is 6.28. The number of rotatable bonds is 17. The monoisotopic (exact) mass is 631 g/mol. The van der Waals surface area contributed by atoms with Crippen LogP contribution < -0.4 is 21.7 Å². The van der Waals surface area contributed by atoms with Crippen LogP contribution in [0.1, 0.15) is 41.6 Å². The maximum absolute atomic E-state index is 12.8. The molecule has 238 valence electrons. The lowest BCUT2D eigenvalue weighted by Crippen LogP contribution is -2.48. The van der Waals surface area contributed by atoms with Gasteiger partial charge in [-0.15, -0.1) is 11.8 Å². The third-order valence-corrected chi connectivity index (χ3v) is 7.07. The molecule has 3 amide bonds. The topological polar surface area (TPSA) is 219 Å². The number of unbranched alkanes of at least 4 members (excludes halogenated alkanes) is 1. The van der Waals surface area contributed by atoms with Gasteiger partial charge in [0.2, 0.25) is 17.7 Å². The highest BCUT2D eigenvalue weighted by Gasteiger charge is 2.23. The Kier molecular flexibility index (Phi) is 15.2. The average molecular weight is 632 g/mol. The average Bonchev–Trinajstić information content (AvgIpc) is 3.02. The second-order valence-electron chi connectivity index (χ2n) is 9.30. The number of benzene rings is 1. The molecule has 1 aromatic carbocycles. The predicted molar refractivity (Wildman–Crippen MR) is 162 cm³/mol. The molecule has 0 aliphatic rings. The van der Waals surface area contributed by atoms with E-state index in [1.807, 2.05) is 0 Å². The molecular formula is C29H37N5O9S. The number of amides is 3. The van der Waals surface area contributed by atoms with Gasteiger partial charge in [-0.3, -0.25) is 14.4 Å². The lowest BCUT2D eigenvalue weighted by molar-refractivity contribution is -0.144. The number of nitrogens with two attached hydrogens (primary N) is 1. The number of nitrogens with one attached hydrogen (secondary N) is 3. The first-order valence-electron chi connectivity index (χ1n) is 13.6. The van der Waals surface area contributed by atoms with Crippen molar-refractivity contribution in [3.8, 4) is 11.5 Å². The molecule has 0 saturated heterocycles. The van der Waals surface area contributed by atoms with Crippen LogP contribution in [0.5, 0.6) is 11.5 Å². The number of carbonyl (C=O) groups is 5. The van der Waals surface area contributed by atoms with Crippen molar-refractivity contribution < 1.29 is 43.7 Å². The molecule has 14 nitrogen and oxygen atoms in total. The lowest BCUT2D eigenvalue weighted by Gasteiger charge is -2.18. The summed E-state index contributed by atoms with van der Waals surface area (Å²) >= 11 is 1.17. The van der Waals surface area contributed by atoms with E-state index in [1.165, 1.54) is 68.6 Å². The fraction of sp³-hybridized carbons (Fsp3) is 0.379. The molecule has 2 aromatic rings. The number of methoxy groups -OCH3 is 2. The molecule has 2 rings (SSSR count). The van der Waals surface area contributed by atoms with Crippen LogP contribution >= 0.6 is 11.8 Å². The fourth-order valence-corrected chi connectivity index (χ4v) is 4.52. The van der Waals surface area contributed by atoms with Crippen molar-refractivity contribution in [2.75, 3.05) is 33.1 Å². The number of nitrogens with zero attached hydrogens (tertiary/aromatic N) is 1. The Balaban J connectivity index is 1.90. The quantitative estimate of drug-likeness (QED) is 0.0471. The fourth-order valence-electron chi connectivity index (χ4n) is 3.67. The third-order valence-electron chi connectivity index (χ3n) is 6.03. The van der Waals surface area contributed by atoms with Crippen molar-refractivity contribution in [1.29, 1.82) is 0 Å². The molecule has 2 unspecified atom stereocenters. The van der Waals surface area contributed by atoms with Gasteiger partial charge < -0.3 is 41.4 Å². The van der Waals surface area contributed by atoms with Gasteiger partial charge in [-0.05, 0) is 61.7 Å². The minimum absolute atomic E-state index is 0.0614. The molecule has 2 atom stereocenters. The van der Waals surface area contributed by atoms with E-state index >= 15 is 0 Å². The molecule has 0 fully saturated rings. The summed E-state index contributed by atoms with van der Waals surface area (Å²) < 4.78 is 9.42. The first-order chi connectivity index (χ1) is 21.1. The molecule has 0 spiro atoms. The standard InChI is InChI=1S/C29H37N5O9S/c1-42-28(40)19-8-11-26(32-16-19)44-17-21(29(41)43-2)34-25(38)12-14-31-27(39)20(5-3-4-13-30)33-24(37)10-7-18-6-9-22(35)23(36)15-18/h6-11,15-16,20-21,35-36H,3-5,12-14,17,30H2,1-2H3,(H,31,39)(H,33,37)(H,34,38)/b10-7+. The molecule has 15 heteroatoms. The molecule has 1 heterocycles. The van der Waals surface area contributed by atoms with Crippen LogP contribution in [-0.4, -0.2) is 90.0 Å². The van der Waals surface area contributed by atoms with Gasteiger partial charge in [0.1, 0.15) is 12.1 Å². The zero-order valence-electron chi connectivity index (χ0n) is 24.4. The Labute approximate surface area is 258 Å². The van der Waals surface area contributed by atoms with Crippen LogP contribution in [0.4, 0.5) is 0 Å². The summed E-state index contributed by atoms with van der Waals surface area (Å²) in [6, 6.07) is 5.27. The number of ether oxygens (including phenoxy) is 2. The Morgan fingerprint density at radius 2 is 1.77 bits per heavy atom. The largest absolute Gasteiger partial charge is 0.504 e. The summed E-state index contributed by atoms with van der Waals surface area (Å²) in [7, 11) is 2.45. The van der Waals surface area contributed by atoms with Crippen LogP contribution in [0.3, 0.4) is 0 Å². The molecular weight excluding hydrogens is 594 g/mol. The van der Waals surface area contributed by atoms with Crippen molar-refractivity contribution in [2.45, 2.75) is 42.8 Å². The van der Waals surface area contributed by atoms with E-state index < -0.39 is 41.7 Å². The van der Waals surface area contributed by atoms with E-state index in [2.05, 4.69) is 25.7 Å². The molecule has 44 heavy (non-hydrogen) atoms. The van der Waals surface area contributed by atoms with E-state index in [4.69, 9.17) is 10.5 Å². The number of pyridine rings is 1. The molecule has 0 radical (unpaired) electrons. The highest BCUT2D eigenvalue weighted by Crippen LogP contribution is 2.25. The summed E-state index contributed by atoms with van der Waals surface area (Å²) in [6.07, 6.45) is 5.32. The Morgan fingerprint density at radius 3 is 2.41 bits per heavy atom. The number of carbonyl (C=O) groups excluding carboxylic acids is 5. The molecule has 1 aromatic heterocycles. The summed E-state index contributed by atoms with van der Waals surface area (Å²) in [4.78, 5) is 65.8. The number of thioether (sulfide) groups is 1. The highest BCUT2D eigenvalue weighted by atomic mass is 32.2. The van der Waals surface area contributed by atoms with E-state index in [1.54, 1.807) is 6.07 Å². The van der Waals surface area contributed by atoms with Crippen molar-refractivity contribution in [3.63, 3.8) is 0 Å². The number of hydrogen-bond donors (Lipinski definition) is 6. The van der Waals surface area contributed by atoms with Gasteiger partial charge in [0, 0.05) is 31.0 Å². The van der Waals surface area contributed by atoms with E-state index in [0.29, 0.717) is 36.4 Å². The van der Waals surface area contributed by atoms with Gasteiger partial charge in [0.05, 0.1) is 24.8 Å². The van der Waals surface area contributed by atoms with Crippen LogP contribution in [-0.2, 0) is 28.7 Å². The lowest BCUT2D eigenvalue weighted by atomic mass is 10.1. The van der Waals surface area contributed by atoms with Crippen molar-refractivity contribution in [1.82, 2.24) is 20.9 Å². The Hall–Kier alpha value is -4.63. The first-order valence-corrected chi connectivity index (χ1v) is 14.6. The van der Waals surface area contributed by atoms with E-state index in [0.717, 1.165) is 0 Å². The third kappa shape index (κ3) is 12.3. The number of aromatic nitrogens is 1. The van der Waals surface area contributed by atoms with Gasteiger partial charge in [0.25, 0.3) is 0 Å². The second kappa shape index (κ2) is 18.8. The minimum atomic E-state index is -0.999. The Morgan fingerprint density at radius 1 is 1.00 bits per heavy atom. The molecule has 0 bridgehead atoms. The number of aromatic hydroxyl groups is 2. The van der Waals surface area contributed by atoms with Crippen LogP contribution in [0.15, 0.2) is 47.6 Å². The SMILES string of the molecule is COC(=O)c1ccc(SCC(NC(=O)CCNC(=O)C(CCCCN)NC(=O)/C=C/c2ccc(O)c(O)c2)C(=O)OC)nc1. The summed E-state index contributed by atoms with van der Waals surface area (Å²) in [5.74, 6) is -3.31. The normalized spacial score (nSPS) is 12.2. The number of hydrogen-bond acceptors (Lipinski definition) is 12. The summed E-state index contributed by atoms with van der Waals surface area (Å²) in [5, 5.41) is 27.4. The molecule has 7 N–H and O–H groups in total. The zero-order valence-corrected chi connectivity index (χ0v) is 25.2. The minimum Gasteiger partial charge on any atom is -0.504 e. The van der Waals surface area contributed by atoms with Gasteiger partial charge in [-0.1, -0.05) is 6.07 Å². The second-order valence-corrected chi connectivity index (χ2v) is 10.3. The first kappa shape index (κ1) is 35.6. The number of phenols is 2. The number of phenolic OH excluding ortho intramolecular Hbond substituents is 2. The van der Waals surface area contributed by atoms with Gasteiger partial charge in [0.15, 0.2) is 11.5 Å². The predicted octanol–water partition coefficient (Wildman–Crippen LogP) is 0.863. The Bertz CT molecular complexity index is 1320. The van der Waals surface area contributed by atoms with Crippen molar-refractivity contribution in [3.05, 3.63) is 53.7 Å². The summed E-state index contributed by atoms with van der Waals surface area (Å²) in [6.45, 7) is 0.356. The molecule has 0 aliphatic heterocycles. The van der Waals surface area contributed by atoms with Gasteiger partial charge in [-0.25, -0.2) is 14.6 Å². The van der Waals surface area contributed by atoms with Crippen molar-refractivity contribution in [2.24, 2.45) is 5.73 Å². The van der Waals surface area contributed by atoms with Crippen LogP contribution in [0, 0.1) is 0 Å². The van der Waals surface area contributed by atoms with Gasteiger partial charge in [-0.2, -0.15) is 0 Å². The zero-order chi connectivity index (χ0) is 32.5. The van der Waals surface area contributed by atoms with Gasteiger partial charge >= 0.3 is 11.9 Å². The number of esters is 2. The van der Waals surface area contributed by atoms with Crippen LogP contribution in [0.25, 0.3) is 6.08 Å². The maximum atomic E-state index is 12.8. The molecule has 0 aliphatic carbocycles. The maximum Gasteiger partial charge on any atom is 0.339 e. The smallest absolute Gasteiger partial charge is 0.339 e. The van der Waals surface area contributed by atoms with E-state index in [9.17, 15) is 34.2 Å². The van der Waals surface area contributed by atoms with Crippen molar-refractivity contribution >= 4 is 47.5 Å². The molecule has 0 saturated carbocycles.